The molecule has 0 fully saturated rings. The van der Waals surface area contributed by atoms with Gasteiger partial charge in [0.05, 0.1) is 6.10 Å². The highest BCUT2D eigenvalue weighted by molar-refractivity contribution is 6.47. The summed E-state index contributed by atoms with van der Waals surface area (Å²) in [4.78, 5) is 0. The van der Waals surface area contributed by atoms with Crippen LogP contribution in [0.5, 0.6) is 0 Å². The number of rotatable bonds is 3. The van der Waals surface area contributed by atoms with Crippen molar-refractivity contribution in [2.75, 3.05) is 0 Å². The average Bonchev–Trinajstić information content (AvgIpc) is 1.63. The predicted octanol–water partition coefficient (Wildman–Crippen LogP) is -0.674. The average molecular weight is 130 g/mol. The Hall–Kier alpha value is -0.315. The smallest absolute Gasteiger partial charge is 0.424 e. The second-order valence-corrected chi connectivity index (χ2v) is 1.93. The van der Waals surface area contributed by atoms with E-state index in [2.05, 4.69) is 0 Å². The topological polar surface area (TPSA) is 60.7 Å². The summed E-state index contributed by atoms with van der Waals surface area (Å²) in [5, 5.41) is 25.2. The lowest BCUT2D eigenvalue weighted by atomic mass is 9.91. The zero-order valence-corrected chi connectivity index (χ0v) is 5.36. The van der Waals surface area contributed by atoms with Crippen LogP contribution in [0.2, 0.25) is 0 Å². The number of hydrogen-bond acceptors (Lipinski definition) is 3. The molecule has 0 aromatic rings. The van der Waals surface area contributed by atoms with Crippen LogP contribution in [-0.2, 0) is 0 Å². The first kappa shape index (κ1) is 8.68. The van der Waals surface area contributed by atoms with Gasteiger partial charge in [0.1, 0.15) is 0 Å². The Morgan fingerprint density at radius 1 is 1.56 bits per heavy atom. The van der Waals surface area contributed by atoms with Gasteiger partial charge in [-0.3, -0.25) is 0 Å². The Kier molecular flexibility index (Phi) is 4.39. The first-order chi connectivity index (χ1) is 4.13. The van der Waals surface area contributed by atoms with Gasteiger partial charge in [-0.15, -0.1) is 0 Å². The van der Waals surface area contributed by atoms with E-state index in [-0.39, 0.29) is 0 Å². The number of aliphatic hydroxyl groups excluding tert-OH is 1. The fraction of sp³-hybridized carbons (Fsp3) is 0.600. The highest BCUT2D eigenvalue weighted by Crippen LogP contribution is 1.90. The molecule has 1 atom stereocenters. The van der Waals surface area contributed by atoms with Crippen molar-refractivity contribution in [2.24, 2.45) is 0 Å². The Balaban J connectivity index is 3.25. The largest absolute Gasteiger partial charge is 0.480 e. The van der Waals surface area contributed by atoms with Gasteiger partial charge in [0.25, 0.3) is 0 Å². The van der Waals surface area contributed by atoms with Crippen molar-refractivity contribution < 1.29 is 15.2 Å². The van der Waals surface area contributed by atoms with E-state index in [4.69, 9.17) is 15.2 Å². The SMILES string of the molecule is CC(O)C/C=C/B(O)O. The zero-order valence-electron chi connectivity index (χ0n) is 5.36. The standard InChI is InChI=1S/C5H11BO3/c1-5(7)3-2-4-6(8)9/h2,4-5,7-9H,3H2,1H3/b4-2+. The molecular formula is C5H11BO3. The van der Waals surface area contributed by atoms with Crippen LogP contribution in [0.3, 0.4) is 0 Å². The summed E-state index contributed by atoms with van der Waals surface area (Å²) < 4.78 is 0. The van der Waals surface area contributed by atoms with Crippen molar-refractivity contribution in [1.29, 1.82) is 0 Å². The van der Waals surface area contributed by atoms with Crippen LogP contribution >= 0.6 is 0 Å². The molecule has 0 heterocycles. The lowest BCUT2D eigenvalue weighted by molar-refractivity contribution is 0.198. The van der Waals surface area contributed by atoms with Gasteiger partial charge in [-0.1, -0.05) is 12.1 Å². The maximum atomic E-state index is 8.65. The quantitative estimate of drug-likeness (QED) is 0.443. The van der Waals surface area contributed by atoms with Crippen LogP contribution in [0.4, 0.5) is 0 Å². The number of hydrogen-bond donors (Lipinski definition) is 3. The van der Waals surface area contributed by atoms with E-state index in [1.807, 2.05) is 0 Å². The summed E-state index contributed by atoms with van der Waals surface area (Å²) >= 11 is 0. The molecule has 3 N–H and O–H groups in total. The lowest BCUT2D eigenvalue weighted by Gasteiger charge is -1.95. The molecule has 0 aromatic carbocycles. The fourth-order valence-electron chi connectivity index (χ4n) is 0.397. The predicted molar refractivity (Wildman–Crippen MR) is 35.6 cm³/mol. The third kappa shape index (κ3) is 7.68. The van der Waals surface area contributed by atoms with Crippen molar-refractivity contribution in [2.45, 2.75) is 19.4 Å². The molecule has 0 radical (unpaired) electrons. The van der Waals surface area contributed by atoms with Gasteiger partial charge in [-0.05, 0) is 13.3 Å². The van der Waals surface area contributed by atoms with Gasteiger partial charge in [-0.25, -0.2) is 0 Å². The van der Waals surface area contributed by atoms with E-state index in [1.165, 1.54) is 12.1 Å². The Morgan fingerprint density at radius 3 is 2.44 bits per heavy atom. The summed E-state index contributed by atoms with van der Waals surface area (Å²) in [5.74, 6) is 1.22. The minimum atomic E-state index is -1.40. The summed E-state index contributed by atoms with van der Waals surface area (Å²) in [6.45, 7) is 1.63. The monoisotopic (exact) mass is 130 g/mol. The molecule has 1 unspecified atom stereocenters. The van der Waals surface area contributed by atoms with Crippen molar-refractivity contribution >= 4 is 7.12 Å². The second kappa shape index (κ2) is 4.55. The molecule has 0 bridgehead atoms. The summed E-state index contributed by atoms with van der Waals surface area (Å²) in [5.41, 5.74) is 0. The first-order valence-corrected chi connectivity index (χ1v) is 2.84. The second-order valence-electron chi connectivity index (χ2n) is 1.93. The lowest BCUT2D eigenvalue weighted by Crippen LogP contribution is -2.06. The Bertz CT molecular complexity index is 90.2. The van der Waals surface area contributed by atoms with Gasteiger partial charge in [-0.2, -0.15) is 0 Å². The molecule has 0 rings (SSSR count). The van der Waals surface area contributed by atoms with Gasteiger partial charge < -0.3 is 15.2 Å². The van der Waals surface area contributed by atoms with Crippen LogP contribution in [0.15, 0.2) is 12.1 Å². The summed E-state index contributed by atoms with van der Waals surface area (Å²) in [6, 6.07) is 0. The fourth-order valence-corrected chi connectivity index (χ4v) is 0.397. The molecule has 0 saturated heterocycles. The summed E-state index contributed by atoms with van der Waals surface area (Å²) in [7, 11) is -1.40. The molecule has 52 valence electrons. The maximum absolute atomic E-state index is 8.65. The third-order valence-corrected chi connectivity index (χ3v) is 0.785. The van der Waals surface area contributed by atoms with E-state index in [9.17, 15) is 0 Å². The molecule has 3 nitrogen and oxygen atoms in total. The van der Waals surface area contributed by atoms with Gasteiger partial charge in [0, 0.05) is 0 Å². The van der Waals surface area contributed by atoms with Crippen molar-refractivity contribution in [3.05, 3.63) is 12.1 Å². The first-order valence-electron chi connectivity index (χ1n) is 2.84. The molecule has 0 aliphatic rings. The van der Waals surface area contributed by atoms with Crippen LogP contribution in [0.25, 0.3) is 0 Å². The number of aliphatic hydroxyl groups is 1. The zero-order chi connectivity index (χ0) is 7.28. The molecule has 0 amide bonds. The minimum Gasteiger partial charge on any atom is -0.424 e. The van der Waals surface area contributed by atoms with Crippen LogP contribution < -0.4 is 0 Å². The van der Waals surface area contributed by atoms with Crippen molar-refractivity contribution in [3.63, 3.8) is 0 Å². The van der Waals surface area contributed by atoms with Crippen molar-refractivity contribution in [1.82, 2.24) is 0 Å². The van der Waals surface area contributed by atoms with E-state index in [0.717, 1.165) is 0 Å². The summed E-state index contributed by atoms with van der Waals surface area (Å²) in [6.07, 6.45) is 1.56. The molecule has 4 heteroatoms. The molecule has 0 aromatic heterocycles. The van der Waals surface area contributed by atoms with E-state index in [0.29, 0.717) is 6.42 Å². The highest BCUT2D eigenvalue weighted by atomic mass is 16.4. The molecular weight excluding hydrogens is 119 g/mol. The highest BCUT2D eigenvalue weighted by Gasteiger charge is 1.97. The molecule has 0 aliphatic heterocycles. The maximum Gasteiger partial charge on any atom is 0.480 e. The van der Waals surface area contributed by atoms with Gasteiger partial charge in [0.2, 0.25) is 0 Å². The van der Waals surface area contributed by atoms with E-state index >= 15 is 0 Å². The minimum absolute atomic E-state index is 0.417. The third-order valence-electron chi connectivity index (χ3n) is 0.785. The Labute approximate surface area is 54.8 Å². The van der Waals surface area contributed by atoms with Gasteiger partial charge in [0.15, 0.2) is 0 Å². The Morgan fingerprint density at radius 2 is 2.11 bits per heavy atom. The molecule has 0 spiro atoms. The molecule has 0 aliphatic carbocycles. The molecule has 0 saturated carbocycles. The van der Waals surface area contributed by atoms with Gasteiger partial charge >= 0.3 is 7.12 Å². The molecule has 9 heavy (non-hydrogen) atoms. The normalized spacial score (nSPS) is 14.2. The van der Waals surface area contributed by atoms with Crippen molar-refractivity contribution in [3.8, 4) is 0 Å². The van der Waals surface area contributed by atoms with Crippen LogP contribution in [-0.4, -0.2) is 28.4 Å². The van der Waals surface area contributed by atoms with Crippen LogP contribution in [0.1, 0.15) is 13.3 Å². The van der Waals surface area contributed by atoms with E-state index in [1.54, 1.807) is 6.92 Å². The van der Waals surface area contributed by atoms with E-state index < -0.39 is 13.2 Å². The van der Waals surface area contributed by atoms with Crippen LogP contribution in [0, 0.1) is 0 Å².